The summed E-state index contributed by atoms with van der Waals surface area (Å²) < 4.78 is 9.98. The van der Waals surface area contributed by atoms with Gasteiger partial charge in [0.1, 0.15) is 11.8 Å². The zero-order chi connectivity index (χ0) is 15.2. The zero-order valence-corrected chi connectivity index (χ0v) is 12.3. The molecule has 0 radical (unpaired) electrons. The third-order valence-corrected chi connectivity index (χ3v) is 3.59. The smallest absolute Gasteiger partial charge is 0.328 e. The maximum absolute atomic E-state index is 12.4. The van der Waals surface area contributed by atoms with E-state index >= 15 is 0 Å². The summed E-state index contributed by atoms with van der Waals surface area (Å²) in [5.41, 5.74) is 0.583. The number of nitrogens with one attached hydrogen (secondary N) is 1. The average Bonchev–Trinajstić information content (AvgIpc) is 2.54. The number of amides is 2. The maximum atomic E-state index is 12.4. The van der Waals surface area contributed by atoms with Crippen molar-refractivity contribution >= 4 is 17.7 Å². The molecule has 1 aliphatic heterocycles. The molecule has 6 heteroatoms. The lowest BCUT2D eigenvalue weighted by atomic mass is 10.0. The van der Waals surface area contributed by atoms with Crippen molar-refractivity contribution in [2.24, 2.45) is 0 Å². The number of nitrogens with zero attached hydrogens (tertiary/aromatic N) is 1. The van der Waals surface area contributed by atoms with Gasteiger partial charge in [-0.3, -0.25) is 0 Å². The number of carbonyl (C=O) groups excluding carboxylic acids is 2. The first-order chi connectivity index (χ1) is 10.2. The monoisotopic (exact) mass is 292 g/mol. The van der Waals surface area contributed by atoms with Gasteiger partial charge in [0, 0.05) is 6.54 Å². The number of para-hydroxylation sites is 2. The Morgan fingerprint density at radius 3 is 2.71 bits per heavy atom. The Morgan fingerprint density at radius 1 is 1.24 bits per heavy atom. The Bertz CT molecular complexity index is 518. The van der Waals surface area contributed by atoms with Gasteiger partial charge >= 0.3 is 12.0 Å². The number of hydrogen-bond acceptors (Lipinski definition) is 4. The van der Waals surface area contributed by atoms with Crippen LogP contribution in [-0.4, -0.2) is 43.7 Å². The van der Waals surface area contributed by atoms with Crippen molar-refractivity contribution in [3.05, 3.63) is 24.3 Å². The zero-order valence-electron chi connectivity index (χ0n) is 12.3. The summed E-state index contributed by atoms with van der Waals surface area (Å²) in [6, 6.07) is 6.34. The van der Waals surface area contributed by atoms with Gasteiger partial charge in [-0.25, -0.2) is 9.59 Å². The van der Waals surface area contributed by atoms with Crippen molar-refractivity contribution in [3.63, 3.8) is 0 Å². The van der Waals surface area contributed by atoms with E-state index in [-0.39, 0.29) is 12.0 Å². The molecule has 1 fully saturated rings. The summed E-state index contributed by atoms with van der Waals surface area (Å²) in [4.78, 5) is 25.7. The van der Waals surface area contributed by atoms with Gasteiger partial charge in [0.2, 0.25) is 0 Å². The van der Waals surface area contributed by atoms with Crippen LogP contribution >= 0.6 is 0 Å². The quantitative estimate of drug-likeness (QED) is 0.868. The number of methoxy groups -OCH3 is 2. The van der Waals surface area contributed by atoms with Gasteiger partial charge in [0.05, 0.1) is 19.9 Å². The predicted molar refractivity (Wildman–Crippen MR) is 78.4 cm³/mol. The van der Waals surface area contributed by atoms with Crippen LogP contribution in [0.4, 0.5) is 10.5 Å². The van der Waals surface area contributed by atoms with E-state index in [1.165, 1.54) is 12.0 Å². The molecule has 0 saturated carbocycles. The van der Waals surface area contributed by atoms with E-state index in [1.54, 1.807) is 19.2 Å². The van der Waals surface area contributed by atoms with E-state index in [2.05, 4.69) is 5.32 Å². The van der Waals surface area contributed by atoms with E-state index in [0.29, 0.717) is 24.4 Å². The molecule has 0 bridgehead atoms. The number of likely N-dealkylation sites (tertiary alicyclic amines) is 1. The second-order valence-electron chi connectivity index (χ2n) is 4.86. The van der Waals surface area contributed by atoms with Gasteiger partial charge in [-0.2, -0.15) is 0 Å². The fraction of sp³-hybridized carbons (Fsp3) is 0.467. The third kappa shape index (κ3) is 3.45. The summed E-state index contributed by atoms with van der Waals surface area (Å²) in [6.07, 6.45) is 2.43. The molecule has 2 rings (SSSR count). The first kappa shape index (κ1) is 15.2. The summed E-state index contributed by atoms with van der Waals surface area (Å²) in [5, 5.41) is 2.79. The maximum Gasteiger partial charge on any atom is 0.328 e. The number of urea groups is 1. The minimum atomic E-state index is -0.515. The molecule has 6 nitrogen and oxygen atoms in total. The lowest BCUT2D eigenvalue weighted by Crippen LogP contribution is -2.50. The second-order valence-corrected chi connectivity index (χ2v) is 4.86. The average molecular weight is 292 g/mol. The topological polar surface area (TPSA) is 67.9 Å². The molecule has 1 aromatic carbocycles. The Kier molecular flexibility index (Phi) is 5.03. The van der Waals surface area contributed by atoms with E-state index < -0.39 is 6.04 Å². The van der Waals surface area contributed by atoms with E-state index in [9.17, 15) is 9.59 Å². The van der Waals surface area contributed by atoms with Crippen molar-refractivity contribution in [1.82, 2.24) is 4.90 Å². The van der Waals surface area contributed by atoms with Gasteiger partial charge in [-0.15, -0.1) is 0 Å². The highest BCUT2D eigenvalue weighted by atomic mass is 16.5. The number of carbonyl (C=O) groups is 2. The van der Waals surface area contributed by atoms with Crippen molar-refractivity contribution in [2.75, 3.05) is 26.1 Å². The lowest BCUT2D eigenvalue weighted by molar-refractivity contribution is -0.146. The predicted octanol–water partition coefficient (Wildman–Crippen LogP) is 2.25. The molecule has 1 aromatic rings. The Labute approximate surface area is 124 Å². The van der Waals surface area contributed by atoms with Crippen LogP contribution in [0.3, 0.4) is 0 Å². The minimum absolute atomic E-state index is 0.311. The molecule has 0 aliphatic carbocycles. The number of piperidine rings is 1. The summed E-state index contributed by atoms with van der Waals surface area (Å²) >= 11 is 0. The van der Waals surface area contributed by atoms with Crippen LogP contribution in [0.2, 0.25) is 0 Å². The van der Waals surface area contributed by atoms with Gasteiger partial charge in [-0.1, -0.05) is 12.1 Å². The largest absolute Gasteiger partial charge is 0.495 e. The third-order valence-electron chi connectivity index (χ3n) is 3.59. The van der Waals surface area contributed by atoms with Crippen LogP contribution in [0.25, 0.3) is 0 Å². The fourth-order valence-electron chi connectivity index (χ4n) is 2.49. The number of benzene rings is 1. The number of ether oxygens (including phenoxy) is 2. The molecule has 1 N–H and O–H groups in total. The van der Waals surface area contributed by atoms with Crippen LogP contribution in [0.15, 0.2) is 24.3 Å². The Hall–Kier alpha value is -2.24. The SMILES string of the molecule is COC(=O)[C@H]1CCCCN1C(=O)Nc1ccccc1OC. The highest BCUT2D eigenvalue weighted by Crippen LogP contribution is 2.25. The van der Waals surface area contributed by atoms with Crippen LogP contribution in [-0.2, 0) is 9.53 Å². The van der Waals surface area contributed by atoms with Gasteiger partial charge in [-0.05, 0) is 31.4 Å². The molecule has 114 valence electrons. The number of esters is 1. The minimum Gasteiger partial charge on any atom is -0.495 e. The first-order valence-corrected chi connectivity index (χ1v) is 6.96. The standard InChI is InChI=1S/C15H20N2O4/c1-20-13-9-4-3-7-11(13)16-15(19)17-10-6-5-8-12(17)14(18)21-2/h3-4,7,9,12H,5-6,8,10H2,1-2H3,(H,16,19)/t12-/m1/s1. The molecule has 1 atom stereocenters. The highest BCUT2D eigenvalue weighted by molar-refractivity contribution is 5.94. The molecule has 1 aliphatic rings. The lowest BCUT2D eigenvalue weighted by Gasteiger charge is -2.33. The fourth-order valence-corrected chi connectivity index (χ4v) is 2.49. The van der Waals surface area contributed by atoms with Crippen molar-refractivity contribution in [1.29, 1.82) is 0 Å². The van der Waals surface area contributed by atoms with Gasteiger partial charge in [0.25, 0.3) is 0 Å². The van der Waals surface area contributed by atoms with Crippen LogP contribution in [0.1, 0.15) is 19.3 Å². The molecular formula is C15H20N2O4. The Balaban J connectivity index is 2.12. The molecule has 2 amide bonds. The van der Waals surface area contributed by atoms with E-state index in [0.717, 1.165) is 12.8 Å². The van der Waals surface area contributed by atoms with Crippen molar-refractivity contribution in [3.8, 4) is 5.75 Å². The number of rotatable bonds is 3. The van der Waals surface area contributed by atoms with Crippen molar-refractivity contribution in [2.45, 2.75) is 25.3 Å². The van der Waals surface area contributed by atoms with Crippen LogP contribution < -0.4 is 10.1 Å². The van der Waals surface area contributed by atoms with Crippen LogP contribution in [0, 0.1) is 0 Å². The Morgan fingerprint density at radius 2 is 2.00 bits per heavy atom. The second kappa shape index (κ2) is 6.97. The molecule has 1 heterocycles. The van der Waals surface area contributed by atoms with Gasteiger partial charge < -0.3 is 19.7 Å². The number of anilines is 1. The molecule has 1 saturated heterocycles. The normalized spacial score (nSPS) is 18.0. The number of hydrogen-bond donors (Lipinski definition) is 1. The molecule has 21 heavy (non-hydrogen) atoms. The van der Waals surface area contributed by atoms with Crippen LogP contribution in [0.5, 0.6) is 5.75 Å². The molecule has 0 spiro atoms. The summed E-state index contributed by atoms with van der Waals surface area (Å²) in [6.45, 7) is 0.542. The van der Waals surface area contributed by atoms with Gasteiger partial charge in [0.15, 0.2) is 0 Å². The highest BCUT2D eigenvalue weighted by Gasteiger charge is 2.33. The molecule has 0 aromatic heterocycles. The van der Waals surface area contributed by atoms with E-state index in [1.807, 2.05) is 12.1 Å². The summed E-state index contributed by atoms with van der Waals surface area (Å²) in [5.74, 6) is 0.211. The first-order valence-electron chi connectivity index (χ1n) is 6.96. The molecular weight excluding hydrogens is 272 g/mol. The van der Waals surface area contributed by atoms with Crippen molar-refractivity contribution < 1.29 is 19.1 Å². The van der Waals surface area contributed by atoms with E-state index in [4.69, 9.17) is 9.47 Å². The summed E-state index contributed by atoms with van der Waals surface area (Å²) in [7, 11) is 2.89. The molecule has 0 unspecified atom stereocenters.